The van der Waals surface area contributed by atoms with Gasteiger partial charge >= 0.3 is 0 Å². The lowest BCUT2D eigenvalue weighted by Gasteiger charge is -2.37. The number of fused-ring (bicyclic) bond motifs is 2. The van der Waals surface area contributed by atoms with Crippen molar-refractivity contribution in [3.8, 4) is 0 Å². The molecule has 24 heavy (non-hydrogen) atoms. The molecule has 0 N–H and O–H groups in total. The van der Waals surface area contributed by atoms with E-state index in [0.717, 1.165) is 49.8 Å². The topological polar surface area (TPSA) is 54.3 Å². The van der Waals surface area contributed by atoms with Crippen LogP contribution in [0, 0.1) is 6.92 Å². The fourth-order valence-electron chi connectivity index (χ4n) is 3.80. The number of hydrogen-bond donors (Lipinski definition) is 0. The summed E-state index contributed by atoms with van der Waals surface area (Å²) in [5, 5.41) is 8.39. The van der Waals surface area contributed by atoms with Gasteiger partial charge in [-0.2, -0.15) is 0 Å². The lowest BCUT2D eigenvalue weighted by Crippen LogP contribution is -2.50. The van der Waals surface area contributed by atoms with E-state index < -0.39 is 0 Å². The molecule has 0 unspecified atom stereocenters. The largest absolute Gasteiger partial charge is 0.313 e. The maximum Gasteiger partial charge on any atom is 0.244 e. The third kappa shape index (κ3) is 2.51. The highest BCUT2D eigenvalue weighted by Crippen LogP contribution is 2.28. The summed E-state index contributed by atoms with van der Waals surface area (Å²) in [5.74, 6) is 2.10. The number of benzene rings is 1. The predicted octanol–water partition coefficient (Wildman–Crippen LogP) is 1.77. The molecule has 6 heteroatoms. The van der Waals surface area contributed by atoms with Crippen molar-refractivity contribution in [1.29, 1.82) is 0 Å². The molecule has 0 aliphatic carbocycles. The number of aryl methyl sites for hydroxylation is 2. The van der Waals surface area contributed by atoms with Crippen LogP contribution in [0.1, 0.15) is 30.6 Å². The standard InChI is InChI=1S/C18H23N5O/c1-13(21-10-11-22-14(2)19-20-17(22)12-21)18(24)23-9-5-7-15-6-3-4-8-16(15)23/h3-4,6,8,13H,5,7,9-12H2,1-2H3/t13-/m0/s1. The molecule has 2 aliphatic heterocycles. The molecule has 4 rings (SSSR count). The van der Waals surface area contributed by atoms with E-state index >= 15 is 0 Å². The number of para-hydroxylation sites is 1. The van der Waals surface area contributed by atoms with Crippen molar-refractivity contribution in [2.75, 3.05) is 18.0 Å². The maximum atomic E-state index is 13.1. The Labute approximate surface area is 142 Å². The summed E-state index contributed by atoms with van der Waals surface area (Å²) < 4.78 is 2.14. The molecule has 1 aromatic heterocycles. The minimum atomic E-state index is -0.151. The Hall–Kier alpha value is -2.21. The minimum Gasteiger partial charge on any atom is -0.313 e. The first-order valence-corrected chi connectivity index (χ1v) is 8.67. The molecule has 0 bridgehead atoms. The molecule has 0 saturated heterocycles. The van der Waals surface area contributed by atoms with E-state index in [0.29, 0.717) is 6.54 Å². The second kappa shape index (κ2) is 6.02. The third-order valence-electron chi connectivity index (χ3n) is 5.25. The highest BCUT2D eigenvalue weighted by Gasteiger charge is 2.32. The van der Waals surface area contributed by atoms with E-state index in [1.807, 2.05) is 24.8 Å². The first-order valence-electron chi connectivity index (χ1n) is 8.67. The Morgan fingerprint density at radius 1 is 1.17 bits per heavy atom. The molecular formula is C18H23N5O. The zero-order valence-electron chi connectivity index (χ0n) is 14.3. The van der Waals surface area contributed by atoms with Crippen LogP contribution in [0.15, 0.2) is 24.3 Å². The third-order valence-corrected chi connectivity index (χ3v) is 5.25. The summed E-state index contributed by atoms with van der Waals surface area (Å²) in [6.07, 6.45) is 2.09. The first kappa shape index (κ1) is 15.3. The summed E-state index contributed by atoms with van der Waals surface area (Å²) in [5.41, 5.74) is 2.36. The SMILES string of the molecule is Cc1nnc2n1CCN([C@@H](C)C(=O)N1CCCc3ccccc31)C2. The van der Waals surface area contributed by atoms with Gasteiger partial charge in [0, 0.05) is 25.3 Å². The van der Waals surface area contributed by atoms with Crippen LogP contribution in [0.3, 0.4) is 0 Å². The van der Waals surface area contributed by atoms with Crippen molar-refractivity contribution < 1.29 is 4.79 Å². The van der Waals surface area contributed by atoms with Gasteiger partial charge < -0.3 is 9.47 Å². The molecule has 126 valence electrons. The average Bonchev–Trinajstić information content (AvgIpc) is 3.00. The number of carbonyl (C=O) groups is 1. The Balaban J connectivity index is 1.53. The quantitative estimate of drug-likeness (QED) is 0.844. The molecule has 1 aromatic carbocycles. The van der Waals surface area contributed by atoms with Crippen LogP contribution in [-0.2, 0) is 24.3 Å². The van der Waals surface area contributed by atoms with Crippen LogP contribution in [0.25, 0.3) is 0 Å². The van der Waals surface area contributed by atoms with Crippen molar-refractivity contribution in [3.63, 3.8) is 0 Å². The van der Waals surface area contributed by atoms with Crippen LogP contribution < -0.4 is 4.90 Å². The van der Waals surface area contributed by atoms with Crippen molar-refractivity contribution in [1.82, 2.24) is 19.7 Å². The Kier molecular flexibility index (Phi) is 3.84. The van der Waals surface area contributed by atoms with Gasteiger partial charge in [-0.15, -0.1) is 10.2 Å². The van der Waals surface area contributed by atoms with Crippen molar-refractivity contribution >= 4 is 11.6 Å². The van der Waals surface area contributed by atoms with Gasteiger partial charge in [0.1, 0.15) is 11.6 Å². The fraction of sp³-hybridized carbons (Fsp3) is 0.500. The molecule has 0 spiro atoms. The van der Waals surface area contributed by atoms with E-state index in [1.165, 1.54) is 5.56 Å². The molecule has 3 heterocycles. The smallest absolute Gasteiger partial charge is 0.244 e. The maximum absolute atomic E-state index is 13.1. The summed E-state index contributed by atoms with van der Waals surface area (Å²) in [4.78, 5) is 17.3. The monoisotopic (exact) mass is 325 g/mol. The molecule has 1 atom stereocenters. The Morgan fingerprint density at radius 2 is 2.00 bits per heavy atom. The molecule has 2 aliphatic rings. The molecule has 0 radical (unpaired) electrons. The Bertz CT molecular complexity index is 769. The fourth-order valence-corrected chi connectivity index (χ4v) is 3.80. The summed E-state index contributed by atoms with van der Waals surface area (Å²) in [6.45, 7) is 7.19. The van der Waals surface area contributed by atoms with Crippen molar-refractivity contribution in [2.24, 2.45) is 0 Å². The van der Waals surface area contributed by atoms with Crippen molar-refractivity contribution in [3.05, 3.63) is 41.5 Å². The van der Waals surface area contributed by atoms with Gasteiger partial charge in [0.2, 0.25) is 5.91 Å². The number of aromatic nitrogens is 3. The molecule has 6 nitrogen and oxygen atoms in total. The van der Waals surface area contributed by atoms with E-state index in [4.69, 9.17) is 0 Å². The second-order valence-corrected chi connectivity index (χ2v) is 6.68. The molecule has 0 saturated carbocycles. The van der Waals surface area contributed by atoms with Gasteiger partial charge in [-0.05, 0) is 38.3 Å². The zero-order valence-corrected chi connectivity index (χ0v) is 14.3. The van der Waals surface area contributed by atoms with Crippen LogP contribution in [-0.4, -0.2) is 44.7 Å². The number of nitrogens with zero attached hydrogens (tertiary/aromatic N) is 5. The minimum absolute atomic E-state index is 0.151. The molecular weight excluding hydrogens is 302 g/mol. The molecule has 0 fully saturated rings. The second-order valence-electron chi connectivity index (χ2n) is 6.68. The lowest BCUT2D eigenvalue weighted by molar-refractivity contribution is -0.123. The normalized spacial score (nSPS) is 18.8. The van der Waals surface area contributed by atoms with Gasteiger partial charge in [0.05, 0.1) is 12.6 Å². The van der Waals surface area contributed by atoms with E-state index in [-0.39, 0.29) is 11.9 Å². The predicted molar refractivity (Wildman–Crippen MR) is 91.7 cm³/mol. The molecule has 2 aromatic rings. The zero-order chi connectivity index (χ0) is 16.7. The van der Waals surface area contributed by atoms with Crippen molar-refractivity contribution in [2.45, 2.75) is 45.8 Å². The van der Waals surface area contributed by atoms with Gasteiger partial charge in [-0.25, -0.2) is 0 Å². The van der Waals surface area contributed by atoms with E-state index in [9.17, 15) is 4.79 Å². The van der Waals surface area contributed by atoms with Gasteiger partial charge in [0.25, 0.3) is 0 Å². The number of rotatable bonds is 2. The first-order chi connectivity index (χ1) is 11.6. The van der Waals surface area contributed by atoms with Gasteiger partial charge in [-0.3, -0.25) is 9.69 Å². The van der Waals surface area contributed by atoms with Crippen LogP contribution >= 0.6 is 0 Å². The van der Waals surface area contributed by atoms with E-state index in [2.05, 4.69) is 37.9 Å². The van der Waals surface area contributed by atoms with Crippen LogP contribution in [0.5, 0.6) is 0 Å². The number of amides is 1. The summed E-state index contributed by atoms with van der Waals surface area (Å²) in [7, 11) is 0. The van der Waals surface area contributed by atoms with Crippen LogP contribution in [0.2, 0.25) is 0 Å². The summed E-state index contributed by atoms with van der Waals surface area (Å²) >= 11 is 0. The number of anilines is 1. The van der Waals surface area contributed by atoms with Gasteiger partial charge in [0.15, 0.2) is 0 Å². The summed E-state index contributed by atoms with van der Waals surface area (Å²) in [6, 6.07) is 8.11. The Morgan fingerprint density at radius 3 is 2.88 bits per heavy atom. The van der Waals surface area contributed by atoms with E-state index in [1.54, 1.807) is 0 Å². The van der Waals surface area contributed by atoms with Gasteiger partial charge in [-0.1, -0.05) is 18.2 Å². The number of carbonyl (C=O) groups excluding carboxylic acids is 1. The molecule has 1 amide bonds. The lowest BCUT2D eigenvalue weighted by atomic mass is 10.0. The number of hydrogen-bond acceptors (Lipinski definition) is 4. The highest BCUT2D eigenvalue weighted by molar-refractivity contribution is 5.98. The highest BCUT2D eigenvalue weighted by atomic mass is 16.2. The van der Waals surface area contributed by atoms with Crippen LogP contribution in [0.4, 0.5) is 5.69 Å². The average molecular weight is 325 g/mol.